The van der Waals surface area contributed by atoms with E-state index in [1.165, 1.54) is 0 Å². The number of carbonyl (C=O) groups is 1. The Balaban J connectivity index is 1.72. The Labute approximate surface area is 142 Å². The van der Waals surface area contributed by atoms with Gasteiger partial charge >= 0.3 is 5.97 Å². The lowest BCUT2D eigenvalue weighted by Crippen LogP contribution is -2.49. The minimum atomic E-state index is -0.913. The quantitative estimate of drug-likeness (QED) is 0.936. The van der Waals surface area contributed by atoms with Gasteiger partial charge in [0.2, 0.25) is 0 Å². The van der Waals surface area contributed by atoms with Gasteiger partial charge in [-0.25, -0.2) is 9.78 Å². The maximum Gasteiger partial charge on any atom is 0.335 e. The van der Waals surface area contributed by atoms with E-state index in [2.05, 4.69) is 28.6 Å². The van der Waals surface area contributed by atoms with Gasteiger partial charge in [-0.3, -0.25) is 4.90 Å². The van der Waals surface area contributed by atoms with E-state index < -0.39 is 5.97 Å². The number of pyridine rings is 1. The third-order valence-electron chi connectivity index (χ3n) is 4.56. The third kappa shape index (κ3) is 3.57. The maximum absolute atomic E-state index is 11.1. The van der Waals surface area contributed by atoms with E-state index >= 15 is 0 Å². The van der Waals surface area contributed by atoms with Crippen LogP contribution in [0.5, 0.6) is 0 Å². The second-order valence-corrected chi connectivity index (χ2v) is 6.41. The number of hydrogen-bond acceptors (Lipinski definition) is 4. The molecule has 0 radical (unpaired) electrons. The van der Waals surface area contributed by atoms with Gasteiger partial charge in [-0.2, -0.15) is 0 Å². The summed E-state index contributed by atoms with van der Waals surface area (Å²) in [6, 6.07) is 11.6. The van der Waals surface area contributed by atoms with Gasteiger partial charge in [-0.05, 0) is 43.7 Å². The summed E-state index contributed by atoms with van der Waals surface area (Å²) in [6.07, 6.45) is 1.82. The minimum Gasteiger partial charge on any atom is -0.478 e. The molecule has 24 heavy (non-hydrogen) atoms. The van der Waals surface area contributed by atoms with E-state index in [4.69, 9.17) is 5.11 Å². The molecule has 1 aliphatic rings. The van der Waals surface area contributed by atoms with Gasteiger partial charge in [0, 0.05) is 44.0 Å². The van der Waals surface area contributed by atoms with Crippen molar-refractivity contribution in [3.8, 4) is 11.1 Å². The Morgan fingerprint density at radius 1 is 1.08 bits per heavy atom. The van der Waals surface area contributed by atoms with Crippen LogP contribution in [0.3, 0.4) is 0 Å². The molecule has 5 nitrogen and oxygen atoms in total. The minimum absolute atomic E-state index is 0.293. The molecule has 3 rings (SSSR count). The van der Waals surface area contributed by atoms with Crippen molar-refractivity contribution < 1.29 is 9.90 Å². The van der Waals surface area contributed by atoms with Crippen molar-refractivity contribution in [2.75, 3.05) is 31.1 Å². The number of aromatic carboxylic acids is 1. The van der Waals surface area contributed by atoms with Crippen molar-refractivity contribution in [2.24, 2.45) is 0 Å². The van der Waals surface area contributed by atoms with E-state index in [0.717, 1.165) is 43.1 Å². The number of hydrogen-bond donors (Lipinski definition) is 1. The van der Waals surface area contributed by atoms with Crippen LogP contribution in [0, 0.1) is 0 Å². The number of piperazine rings is 1. The molecule has 0 unspecified atom stereocenters. The molecule has 126 valence electrons. The van der Waals surface area contributed by atoms with Crippen LogP contribution in [-0.2, 0) is 0 Å². The largest absolute Gasteiger partial charge is 0.478 e. The molecule has 2 aromatic rings. The summed E-state index contributed by atoms with van der Waals surface area (Å²) in [7, 11) is 0. The van der Waals surface area contributed by atoms with Crippen LogP contribution in [0.15, 0.2) is 42.6 Å². The molecular weight excluding hydrogens is 302 g/mol. The first-order valence-corrected chi connectivity index (χ1v) is 8.33. The summed E-state index contributed by atoms with van der Waals surface area (Å²) >= 11 is 0. The Morgan fingerprint density at radius 3 is 2.42 bits per heavy atom. The van der Waals surface area contributed by atoms with Crippen molar-refractivity contribution in [2.45, 2.75) is 19.9 Å². The Morgan fingerprint density at radius 2 is 1.83 bits per heavy atom. The zero-order valence-electron chi connectivity index (χ0n) is 14.1. The fourth-order valence-corrected chi connectivity index (χ4v) is 3.04. The number of anilines is 1. The predicted octanol–water partition coefficient (Wildman–Crippen LogP) is 2.98. The highest BCUT2D eigenvalue weighted by atomic mass is 16.4. The molecule has 0 saturated carbocycles. The van der Waals surface area contributed by atoms with Crippen molar-refractivity contribution >= 4 is 11.8 Å². The van der Waals surface area contributed by atoms with E-state index in [1.54, 1.807) is 18.2 Å². The predicted molar refractivity (Wildman–Crippen MR) is 95.6 cm³/mol. The van der Waals surface area contributed by atoms with E-state index in [9.17, 15) is 4.79 Å². The lowest BCUT2D eigenvalue weighted by Gasteiger charge is -2.37. The lowest BCUT2D eigenvalue weighted by atomic mass is 10.0. The molecule has 1 aromatic carbocycles. The smallest absolute Gasteiger partial charge is 0.335 e. The normalized spacial score (nSPS) is 15.7. The van der Waals surface area contributed by atoms with Crippen LogP contribution >= 0.6 is 0 Å². The van der Waals surface area contributed by atoms with E-state index in [0.29, 0.717) is 11.6 Å². The van der Waals surface area contributed by atoms with Gasteiger partial charge < -0.3 is 10.0 Å². The van der Waals surface area contributed by atoms with Gasteiger partial charge in [-0.15, -0.1) is 0 Å². The molecule has 0 bridgehead atoms. The molecule has 0 aliphatic carbocycles. The number of nitrogens with zero attached hydrogens (tertiary/aromatic N) is 3. The van der Waals surface area contributed by atoms with Crippen LogP contribution in [0.1, 0.15) is 24.2 Å². The zero-order valence-corrected chi connectivity index (χ0v) is 14.1. The average Bonchev–Trinajstić information content (AvgIpc) is 2.62. The first-order chi connectivity index (χ1) is 11.5. The molecule has 1 aliphatic heterocycles. The monoisotopic (exact) mass is 325 g/mol. The topological polar surface area (TPSA) is 56.7 Å². The molecule has 1 N–H and O–H groups in total. The van der Waals surface area contributed by atoms with Crippen molar-refractivity contribution in [1.82, 2.24) is 9.88 Å². The molecule has 5 heteroatoms. The van der Waals surface area contributed by atoms with Crippen LogP contribution in [0.2, 0.25) is 0 Å². The molecule has 1 saturated heterocycles. The molecule has 2 heterocycles. The molecular formula is C19H23N3O2. The molecule has 1 fully saturated rings. The molecule has 0 atom stereocenters. The van der Waals surface area contributed by atoms with Crippen molar-refractivity contribution in [1.29, 1.82) is 0 Å². The molecule has 0 amide bonds. The fraction of sp³-hybridized carbons (Fsp3) is 0.368. The number of rotatable bonds is 4. The van der Waals surface area contributed by atoms with Gasteiger partial charge in [0.25, 0.3) is 0 Å². The Hall–Kier alpha value is -2.40. The van der Waals surface area contributed by atoms with Crippen molar-refractivity contribution in [3.63, 3.8) is 0 Å². The third-order valence-corrected chi connectivity index (χ3v) is 4.56. The fourth-order valence-electron chi connectivity index (χ4n) is 3.04. The summed E-state index contributed by atoms with van der Waals surface area (Å²) in [6.45, 7) is 8.55. The number of benzene rings is 1. The first kappa shape index (κ1) is 16.5. The van der Waals surface area contributed by atoms with E-state index in [-0.39, 0.29) is 0 Å². The maximum atomic E-state index is 11.1. The average molecular weight is 325 g/mol. The van der Waals surface area contributed by atoms with Crippen LogP contribution in [0.4, 0.5) is 5.82 Å². The molecule has 0 spiro atoms. The summed E-state index contributed by atoms with van der Waals surface area (Å²) in [5.74, 6) is 0.0704. The summed E-state index contributed by atoms with van der Waals surface area (Å²) in [5.41, 5.74) is 2.10. The second-order valence-electron chi connectivity index (χ2n) is 6.41. The SMILES string of the molecule is CC(C)N1CCN(c2ccc(-c3cccc(C(=O)O)c3)cn2)CC1. The highest BCUT2D eigenvalue weighted by Gasteiger charge is 2.19. The highest BCUT2D eigenvalue weighted by molar-refractivity contribution is 5.89. The van der Waals surface area contributed by atoms with E-state index in [1.807, 2.05) is 24.4 Å². The lowest BCUT2D eigenvalue weighted by molar-refractivity contribution is 0.0697. The number of carboxylic acids is 1. The van der Waals surface area contributed by atoms with Crippen LogP contribution in [0.25, 0.3) is 11.1 Å². The van der Waals surface area contributed by atoms with Gasteiger partial charge in [0.05, 0.1) is 5.56 Å². The number of carboxylic acid groups (broad SMARTS) is 1. The van der Waals surface area contributed by atoms with Gasteiger partial charge in [0.1, 0.15) is 5.82 Å². The Bertz CT molecular complexity index is 705. The molecule has 1 aromatic heterocycles. The summed E-state index contributed by atoms with van der Waals surface area (Å²) in [4.78, 5) is 20.5. The highest BCUT2D eigenvalue weighted by Crippen LogP contribution is 2.23. The van der Waals surface area contributed by atoms with Gasteiger partial charge in [-0.1, -0.05) is 12.1 Å². The summed E-state index contributed by atoms with van der Waals surface area (Å²) < 4.78 is 0. The second kappa shape index (κ2) is 7.01. The number of aromatic nitrogens is 1. The summed E-state index contributed by atoms with van der Waals surface area (Å²) in [5, 5.41) is 9.10. The van der Waals surface area contributed by atoms with Crippen LogP contribution < -0.4 is 4.90 Å². The standard InChI is InChI=1S/C19H23N3O2/c1-14(2)21-8-10-22(11-9-21)18-7-6-17(13-20-18)15-4-3-5-16(12-15)19(23)24/h3-7,12-14H,8-11H2,1-2H3,(H,23,24). The van der Waals surface area contributed by atoms with Crippen LogP contribution in [-0.4, -0.2) is 53.2 Å². The zero-order chi connectivity index (χ0) is 17.1. The van der Waals surface area contributed by atoms with Gasteiger partial charge in [0.15, 0.2) is 0 Å². The van der Waals surface area contributed by atoms with Crippen molar-refractivity contribution in [3.05, 3.63) is 48.2 Å². The Kier molecular flexibility index (Phi) is 4.81. The first-order valence-electron chi connectivity index (χ1n) is 8.33.